The van der Waals surface area contributed by atoms with E-state index in [1.54, 1.807) is 13.0 Å². The lowest BCUT2D eigenvalue weighted by atomic mass is 10.0. The van der Waals surface area contributed by atoms with Crippen LogP contribution in [0.4, 0.5) is 0 Å². The second-order valence-corrected chi connectivity index (χ2v) is 4.36. The van der Waals surface area contributed by atoms with Crippen molar-refractivity contribution in [3.8, 4) is 0 Å². The van der Waals surface area contributed by atoms with E-state index in [-0.39, 0.29) is 17.7 Å². The number of ether oxygens (including phenoxy) is 1. The molecule has 0 unspecified atom stereocenters. The fourth-order valence-electron chi connectivity index (χ4n) is 2.33. The van der Waals surface area contributed by atoms with E-state index in [0.29, 0.717) is 5.92 Å². The summed E-state index contributed by atoms with van der Waals surface area (Å²) in [6, 6.07) is 3.41. The van der Waals surface area contributed by atoms with Crippen molar-refractivity contribution in [3.63, 3.8) is 0 Å². The molecule has 0 radical (unpaired) electrons. The predicted molar refractivity (Wildman–Crippen MR) is 64.2 cm³/mol. The maximum Gasteiger partial charge on any atom is 0.343 e. The van der Waals surface area contributed by atoms with Crippen molar-refractivity contribution in [1.29, 1.82) is 0 Å². The summed E-state index contributed by atoms with van der Waals surface area (Å²) in [7, 11) is 0. The maximum absolute atomic E-state index is 11.8. The number of pyridine rings is 1. The first-order valence-electron chi connectivity index (χ1n) is 6.12. The highest BCUT2D eigenvalue weighted by Gasteiger charge is 2.19. The molecule has 1 aromatic rings. The summed E-state index contributed by atoms with van der Waals surface area (Å²) < 4.78 is 4.82. The SMILES string of the molecule is CCOC(=O)c1ccc(C2CCCC2)[nH]c1=O. The molecule has 0 aliphatic heterocycles. The zero-order valence-electron chi connectivity index (χ0n) is 9.99. The van der Waals surface area contributed by atoms with Crippen molar-refractivity contribution in [1.82, 2.24) is 4.98 Å². The Morgan fingerprint density at radius 2 is 2.12 bits per heavy atom. The van der Waals surface area contributed by atoms with Gasteiger partial charge >= 0.3 is 5.97 Å². The molecular weight excluding hydrogens is 218 g/mol. The molecule has 1 N–H and O–H groups in total. The van der Waals surface area contributed by atoms with E-state index in [2.05, 4.69) is 4.98 Å². The van der Waals surface area contributed by atoms with Gasteiger partial charge in [-0.1, -0.05) is 12.8 Å². The Kier molecular flexibility index (Phi) is 3.61. The molecule has 2 rings (SSSR count). The standard InChI is InChI=1S/C13H17NO3/c1-2-17-13(16)10-7-8-11(14-12(10)15)9-5-3-4-6-9/h7-9H,2-6H2,1H3,(H,14,15). The monoisotopic (exact) mass is 235 g/mol. The van der Waals surface area contributed by atoms with Crippen molar-refractivity contribution in [3.05, 3.63) is 33.7 Å². The molecule has 1 fully saturated rings. The third-order valence-corrected chi connectivity index (χ3v) is 3.22. The van der Waals surface area contributed by atoms with Crippen LogP contribution < -0.4 is 5.56 Å². The number of nitrogens with one attached hydrogen (secondary N) is 1. The summed E-state index contributed by atoms with van der Waals surface area (Å²) in [6.45, 7) is 2.00. The van der Waals surface area contributed by atoms with Crippen LogP contribution in [-0.2, 0) is 4.74 Å². The van der Waals surface area contributed by atoms with Gasteiger partial charge < -0.3 is 9.72 Å². The minimum Gasteiger partial charge on any atom is -0.462 e. The molecule has 1 saturated carbocycles. The van der Waals surface area contributed by atoms with Crippen LogP contribution in [0.15, 0.2) is 16.9 Å². The second-order valence-electron chi connectivity index (χ2n) is 4.36. The molecule has 4 heteroatoms. The minimum atomic E-state index is -0.549. The van der Waals surface area contributed by atoms with Gasteiger partial charge in [-0.15, -0.1) is 0 Å². The van der Waals surface area contributed by atoms with Crippen LogP contribution in [-0.4, -0.2) is 17.6 Å². The van der Waals surface area contributed by atoms with Gasteiger partial charge in [0.1, 0.15) is 5.56 Å². The molecule has 1 aliphatic carbocycles. The van der Waals surface area contributed by atoms with Gasteiger partial charge in [-0.3, -0.25) is 4.79 Å². The van der Waals surface area contributed by atoms with Crippen LogP contribution in [0.25, 0.3) is 0 Å². The molecule has 1 heterocycles. The number of hydrogen-bond donors (Lipinski definition) is 1. The van der Waals surface area contributed by atoms with Crippen LogP contribution in [0, 0.1) is 0 Å². The van der Waals surface area contributed by atoms with Gasteiger partial charge in [-0.25, -0.2) is 4.79 Å². The molecule has 1 aromatic heterocycles. The first-order valence-corrected chi connectivity index (χ1v) is 6.12. The molecule has 1 aliphatic rings. The van der Waals surface area contributed by atoms with Crippen molar-refractivity contribution < 1.29 is 9.53 Å². The molecule has 0 spiro atoms. The number of rotatable bonds is 3. The summed E-state index contributed by atoms with van der Waals surface area (Å²) in [5.74, 6) is -0.106. The average Bonchev–Trinajstić information content (AvgIpc) is 2.82. The van der Waals surface area contributed by atoms with Gasteiger partial charge in [0.2, 0.25) is 0 Å². The Morgan fingerprint density at radius 1 is 1.41 bits per heavy atom. The van der Waals surface area contributed by atoms with Gasteiger partial charge in [0.05, 0.1) is 6.61 Å². The Balaban J connectivity index is 2.22. The normalized spacial score (nSPS) is 16.1. The van der Waals surface area contributed by atoms with Crippen LogP contribution in [0.1, 0.15) is 54.6 Å². The van der Waals surface area contributed by atoms with Gasteiger partial charge in [0.15, 0.2) is 0 Å². The lowest BCUT2D eigenvalue weighted by Crippen LogP contribution is -2.21. The summed E-state index contributed by atoms with van der Waals surface area (Å²) in [6.07, 6.45) is 4.67. The quantitative estimate of drug-likeness (QED) is 0.817. The maximum atomic E-state index is 11.8. The number of carbonyl (C=O) groups is 1. The largest absolute Gasteiger partial charge is 0.462 e. The lowest BCUT2D eigenvalue weighted by molar-refractivity contribution is 0.0524. The molecule has 0 aromatic carbocycles. The fourth-order valence-corrected chi connectivity index (χ4v) is 2.33. The summed E-state index contributed by atoms with van der Waals surface area (Å²) in [4.78, 5) is 26.0. The third kappa shape index (κ3) is 2.57. The number of H-pyrrole nitrogens is 1. The van der Waals surface area contributed by atoms with Crippen LogP contribution in [0.3, 0.4) is 0 Å². The van der Waals surface area contributed by atoms with E-state index >= 15 is 0 Å². The minimum absolute atomic E-state index is 0.0913. The lowest BCUT2D eigenvalue weighted by Gasteiger charge is -2.09. The predicted octanol–water partition coefficient (Wildman–Crippen LogP) is 2.21. The highest BCUT2D eigenvalue weighted by atomic mass is 16.5. The smallest absolute Gasteiger partial charge is 0.343 e. The molecule has 0 amide bonds. The molecule has 0 bridgehead atoms. The topological polar surface area (TPSA) is 59.2 Å². The molecule has 0 atom stereocenters. The number of esters is 1. The van der Waals surface area contributed by atoms with Crippen molar-refractivity contribution in [2.45, 2.75) is 38.5 Å². The third-order valence-electron chi connectivity index (χ3n) is 3.22. The summed E-state index contributed by atoms with van der Waals surface area (Å²) >= 11 is 0. The highest BCUT2D eigenvalue weighted by molar-refractivity contribution is 5.88. The Hall–Kier alpha value is -1.58. The van der Waals surface area contributed by atoms with Crippen molar-refractivity contribution in [2.24, 2.45) is 0 Å². The number of aromatic amines is 1. The van der Waals surface area contributed by atoms with Gasteiger partial charge in [0, 0.05) is 5.69 Å². The van der Waals surface area contributed by atoms with E-state index < -0.39 is 5.97 Å². The van der Waals surface area contributed by atoms with Gasteiger partial charge in [0.25, 0.3) is 5.56 Å². The van der Waals surface area contributed by atoms with Gasteiger partial charge in [-0.05, 0) is 37.8 Å². The molecule has 4 nitrogen and oxygen atoms in total. The van der Waals surface area contributed by atoms with E-state index in [4.69, 9.17) is 4.74 Å². The van der Waals surface area contributed by atoms with Crippen LogP contribution in [0.5, 0.6) is 0 Å². The average molecular weight is 235 g/mol. The first kappa shape index (κ1) is 11.9. The van der Waals surface area contributed by atoms with Crippen LogP contribution in [0.2, 0.25) is 0 Å². The zero-order chi connectivity index (χ0) is 12.3. The zero-order valence-corrected chi connectivity index (χ0v) is 9.99. The summed E-state index contributed by atoms with van der Waals surface area (Å²) in [5.41, 5.74) is 0.696. The van der Waals surface area contributed by atoms with Crippen molar-refractivity contribution in [2.75, 3.05) is 6.61 Å². The molecular formula is C13H17NO3. The Bertz CT molecular complexity index is 458. The molecule has 92 valence electrons. The van der Waals surface area contributed by atoms with Crippen LogP contribution >= 0.6 is 0 Å². The van der Waals surface area contributed by atoms with E-state index in [1.165, 1.54) is 12.8 Å². The van der Waals surface area contributed by atoms with Crippen molar-refractivity contribution >= 4 is 5.97 Å². The molecule has 0 saturated heterocycles. The first-order chi connectivity index (χ1) is 8.22. The Morgan fingerprint density at radius 3 is 2.71 bits per heavy atom. The van der Waals surface area contributed by atoms with Gasteiger partial charge in [-0.2, -0.15) is 0 Å². The second kappa shape index (κ2) is 5.17. The number of hydrogen-bond acceptors (Lipinski definition) is 3. The Labute approximate surface area is 100 Å². The summed E-state index contributed by atoms with van der Waals surface area (Å²) in [5, 5.41) is 0. The fraction of sp³-hybridized carbons (Fsp3) is 0.538. The molecule has 17 heavy (non-hydrogen) atoms. The van der Waals surface area contributed by atoms with E-state index in [0.717, 1.165) is 18.5 Å². The highest BCUT2D eigenvalue weighted by Crippen LogP contribution is 2.32. The van der Waals surface area contributed by atoms with E-state index in [9.17, 15) is 9.59 Å². The number of aromatic nitrogens is 1. The van der Waals surface area contributed by atoms with E-state index in [1.807, 2.05) is 6.07 Å². The number of carbonyl (C=O) groups excluding carboxylic acids is 1.